The summed E-state index contributed by atoms with van der Waals surface area (Å²) in [5.41, 5.74) is 3.10. The van der Waals surface area contributed by atoms with Crippen LogP contribution in [0.4, 0.5) is 11.4 Å². The zero-order valence-corrected chi connectivity index (χ0v) is 22.1. The number of amides is 1. The number of carbonyl (C=O) groups is 1. The lowest BCUT2D eigenvalue weighted by molar-refractivity contribution is 0.102. The molecule has 1 aliphatic heterocycles. The van der Waals surface area contributed by atoms with Crippen LogP contribution in [0.5, 0.6) is 11.5 Å². The molecule has 2 atom stereocenters. The Hall–Kier alpha value is -4.30. The van der Waals surface area contributed by atoms with E-state index in [4.69, 9.17) is 9.47 Å². The summed E-state index contributed by atoms with van der Waals surface area (Å²) < 4.78 is 40.6. The Balaban J connectivity index is 1.65. The number of hydrogen-bond acceptors (Lipinski definition) is 5. The number of methoxy groups -OCH3 is 2. The molecule has 7 nitrogen and oxygen atoms in total. The highest BCUT2D eigenvalue weighted by Crippen LogP contribution is 2.53. The van der Waals surface area contributed by atoms with E-state index in [0.29, 0.717) is 28.4 Å². The van der Waals surface area contributed by atoms with E-state index in [2.05, 4.69) is 5.32 Å². The zero-order chi connectivity index (χ0) is 26.9. The molecular weight excluding hydrogens is 500 g/mol. The Morgan fingerprint density at radius 2 is 1.47 bits per heavy atom. The van der Waals surface area contributed by atoms with E-state index in [9.17, 15) is 13.2 Å². The maximum Gasteiger partial charge on any atom is 0.264 e. The molecule has 0 unspecified atom stereocenters. The molecule has 0 saturated carbocycles. The van der Waals surface area contributed by atoms with Crippen molar-refractivity contribution in [2.24, 2.45) is 0 Å². The van der Waals surface area contributed by atoms with E-state index in [0.717, 1.165) is 11.1 Å². The van der Waals surface area contributed by atoms with Crippen LogP contribution >= 0.6 is 0 Å². The van der Waals surface area contributed by atoms with Crippen LogP contribution in [0.2, 0.25) is 0 Å². The Morgan fingerprint density at radius 3 is 2.08 bits per heavy atom. The van der Waals surface area contributed by atoms with Gasteiger partial charge in [-0.3, -0.25) is 9.10 Å². The molecule has 1 amide bonds. The molecule has 4 aromatic carbocycles. The van der Waals surface area contributed by atoms with Gasteiger partial charge in [0, 0.05) is 17.5 Å². The second-order valence-corrected chi connectivity index (χ2v) is 10.9. The van der Waals surface area contributed by atoms with Crippen molar-refractivity contribution in [2.75, 3.05) is 23.8 Å². The number of fused-ring (bicyclic) bond motifs is 1. The predicted octanol–water partition coefficient (Wildman–Crippen LogP) is 6.01. The molecule has 1 aliphatic rings. The average Bonchev–Trinajstić information content (AvgIpc) is 3.25. The lowest BCUT2D eigenvalue weighted by Gasteiger charge is -2.29. The van der Waals surface area contributed by atoms with Crippen molar-refractivity contribution in [3.8, 4) is 11.5 Å². The van der Waals surface area contributed by atoms with E-state index >= 15 is 0 Å². The molecule has 0 aliphatic carbocycles. The minimum Gasteiger partial charge on any atom is -0.497 e. The predicted molar refractivity (Wildman–Crippen MR) is 148 cm³/mol. The van der Waals surface area contributed by atoms with Crippen LogP contribution < -0.4 is 19.1 Å². The van der Waals surface area contributed by atoms with Gasteiger partial charge in [-0.2, -0.15) is 0 Å². The fourth-order valence-corrected chi connectivity index (χ4v) is 6.67. The van der Waals surface area contributed by atoms with Gasteiger partial charge in [0.1, 0.15) is 11.5 Å². The fraction of sp³-hybridized carbons (Fsp3) is 0.167. The summed E-state index contributed by atoms with van der Waals surface area (Å²) in [6, 6.07) is 27.7. The Labute approximate surface area is 222 Å². The molecular formula is C30H28N2O5S. The van der Waals surface area contributed by atoms with Gasteiger partial charge in [-0.15, -0.1) is 0 Å². The number of nitrogens with zero attached hydrogens (tertiary/aromatic N) is 1. The molecule has 0 saturated heterocycles. The highest BCUT2D eigenvalue weighted by molar-refractivity contribution is 7.92. The molecule has 0 fully saturated rings. The average molecular weight is 529 g/mol. The first kappa shape index (κ1) is 25.4. The van der Waals surface area contributed by atoms with Crippen LogP contribution in [0.25, 0.3) is 0 Å². The van der Waals surface area contributed by atoms with Gasteiger partial charge in [0.05, 0.1) is 36.5 Å². The van der Waals surface area contributed by atoms with Crippen molar-refractivity contribution in [3.63, 3.8) is 0 Å². The number of sulfonamides is 1. The third-order valence-electron chi connectivity index (χ3n) is 6.84. The molecule has 38 heavy (non-hydrogen) atoms. The van der Waals surface area contributed by atoms with E-state index in [1.54, 1.807) is 67.8 Å². The summed E-state index contributed by atoms with van der Waals surface area (Å²) in [7, 11) is -0.857. The molecule has 8 heteroatoms. The summed E-state index contributed by atoms with van der Waals surface area (Å²) in [4.78, 5) is 13.1. The van der Waals surface area contributed by atoms with Crippen molar-refractivity contribution < 1.29 is 22.7 Å². The van der Waals surface area contributed by atoms with Gasteiger partial charge in [0.2, 0.25) is 0 Å². The smallest absolute Gasteiger partial charge is 0.264 e. The van der Waals surface area contributed by atoms with Crippen molar-refractivity contribution >= 4 is 27.3 Å². The van der Waals surface area contributed by atoms with E-state index in [-0.39, 0.29) is 16.7 Å². The third kappa shape index (κ3) is 4.48. The van der Waals surface area contributed by atoms with Crippen LogP contribution in [0.3, 0.4) is 0 Å². The number of benzene rings is 4. The molecule has 1 N–H and O–H groups in total. The van der Waals surface area contributed by atoms with E-state index in [1.165, 1.54) is 11.4 Å². The molecule has 4 aromatic rings. The normalized spacial score (nSPS) is 16.6. The number of rotatable bonds is 7. The first-order valence-electron chi connectivity index (χ1n) is 12.2. The maximum atomic E-state index is 14.1. The molecule has 5 rings (SSSR count). The first-order chi connectivity index (χ1) is 18.3. The lowest BCUT2D eigenvalue weighted by Crippen LogP contribution is -2.33. The van der Waals surface area contributed by atoms with Gasteiger partial charge < -0.3 is 14.8 Å². The van der Waals surface area contributed by atoms with E-state index < -0.39 is 16.1 Å². The highest BCUT2D eigenvalue weighted by atomic mass is 32.2. The molecule has 1 heterocycles. The van der Waals surface area contributed by atoms with Crippen LogP contribution in [0.15, 0.2) is 102 Å². The van der Waals surface area contributed by atoms with Crippen LogP contribution in [0, 0.1) is 0 Å². The van der Waals surface area contributed by atoms with Crippen molar-refractivity contribution in [1.82, 2.24) is 0 Å². The van der Waals surface area contributed by atoms with Crippen LogP contribution in [-0.4, -0.2) is 28.5 Å². The summed E-state index contributed by atoms with van der Waals surface area (Å²) in [5.74, 6) is 0.538. The monoisotopic (exact) mass is 528 g/mol. The van der Waals surface area contributed by atoms with Crippen molar-refractivity contribution in [2.45, 2.75) is 23.8 Å². The minimum atomic E-state index is -3.94. The topological polar surface area (TPSA) is 84.9 Å². The SMILES string of the molecule is COc1ccc([C@H]2[C@H](C)c3cc(NC(=O)c4ccccc4)c(OC)cc3N2S(=O)(=O)c2ccccc2)cc1. The molecule has 0 bridgehead atoms. The van der Waals surface area contributed by atoms with Crippen molar-refractivity contribution in [1.29, 1.82) is 0 Å². The van der Waals surface area contributed by atoms with Gasteiger partial charge in [-0.25, -0.2) is 8.42 Å². The lowest BCUT2D eigenvalue weighted by atomic mass is 9.92. The molecule has 0 spiro atoms. The summed E-state index contributed by atoms with van der Waals surface area (Å²) in [6.07, 6.45) is 0. The molecule has 0 radical (unpaired) electrons. The Kier molecular flexibility index (Phi) is 6.82. The van der Waals surface area contributed by atoms with Gasteiger partial charge in [-0.05, 0) is 53.6 Å². The Morgan fingerprint density at radius 1 is 0.842 bits per heavy atom. The van der Waals surface area contributed by atoms with Gasteiger partial charge in [0.25, 0.3) is 15.9 Å². The van der Waals surface area contributed by atoms with Crippen LogP contribution in [0.1, 0.15) is 40.4 Å². The number of nitrogens with one attached hydrogen (secondary N) is 1. The van der Waals surface area contributed by atoms with E-state index in [1.807, 2.05) is 43.3 Å². The Bertz CT molecular complexity index is 1560. The van der Waals surface area contributed by atoms with Gasteiger partial charge >= 0.3 is 0 Å². The second-order valence-electron chi connectivity index (χ2n) is 9.05. The number of anilines is 2. The second kappa shape index (κ2) is 10.2. The first-order valence-corrected chi connectivity index (χ1v) is 13.6. The summed E-state index contributed by atoms with van der Waals surface area (Å²) in [5, 5.41) is 2.93. The van der Waals surface area contributed by atoms with Gasteiger partial charge in [-0.1, -0.05) is 55.5 Å². The minimum absolute atomic E-state index is 0.194. The van der Waals surface area contributed by atoms with Gasteiger partial charge in [0.15, 0.2) is 0 Å². The number of hydrogen-bond donors (Lipinski definition) is 1. The van der Waals surface area contributed by atoms with Crippen molar-refractivity contribution in [3.05, 3.63) is 114 Å². The quantitative estimate of drug-likeness (QED) is 0.318. The number of ether oxygens (including phenoxy) is 2. The summed E-state index contributed by atoms with van der Waals surface area (Å²) in [6.45, 7) is 1.99. The largest absolute Gasteiger partial charge is 0.497 e. The fourth-order valence-electron chi connectivity index (χ4n) is 4.93. The number of carbonyl (C=O) groups excluding carboxylic acids is 1. The highest BCUT2D eigenvalue weighted by Gasteiger charge is 2.44. The molecule has 0 aromatic heterocycles. The standard InChI is InChI=1S/C30H28N2O5S/c1-20-25-18-26(31-30(33)22-10-6-4-7-11-22)28(37-3)19-27(25)32(38(34,35)24-12-8-5-9-13-24)29(20)21-14-16-23(36-2)17-15-21/h4-20,29H,1-3H3,(H,31,33)/t20-,29-/m1/s1. The van der Waals surface area contributed by atoms with Crippen LogP contribution in [-0.2, 0) is 10.0 Å². The molecule has 194 valence electrons. The maximum absolute atomic E-state index is 14.1. The summed E-state index contributed by atoms with van der Waals surface area (Å²) >= 11 is 0. The third-order valence-corrected chi connectivity index (χ3v) is 8.65. The zero-order valence-electron chi connectivity index (χ0n) is 21.3.